The number of hydrogen-bond donors (Lipinski definition) is 2. The number of benzene rings is 3. The molecule has 0 spiro atoms. The van der Waals surface area contributed by atoms with Crippen LogP contribution in [0.3, 0.4) is 0 Å². The summed E-state index contributed by atoms with van der Waals surface area (Å²) < 4.78 is 10.4. The Bertz CT molecular complexity index is 1170. The van der Waals surface area contributed by atoms with Crippen LogP contribution in [-0.4, -0.2) is 35.8 Å². The van der Waals surface area contributed by atoms with E-state index in [0.29, 0.717) is 0 Å². The fraction of sp³-hybridized carbons (Fsp3) is 0.120. The molecule has 6 nitrogen and oxygen atoms in total. The summed E-state index contributed by atoms with van der Waals surface area (Å²) in [5.74, 6) is 2.40. The van der Waals surface area contributed by atoms with Crippen LogP contribution in [0.2, 0.25) is 0 Å². The van der Waals surface area contributed by atoms with Crippen LogP contribution in [0, 0.1) is 0 Å². The number of nitrogens with one attached hydrogen (secondary N) is 2. The van der Waals surface area contributed by atoms with Gasteiger partial charge in [0, 0.05) is 16.8 Å². The van der Waals surface area contributed by atoms with Gasteiger partial charge in [0.15, 0.2) is 0 Å². The van der Waals surface area contributed by atoms with Crippen molar-refractivity contribution >= 4 is 23.4 Å². The fourth-order valence-corrected chi connectivity index (χ4v) is 3.96. The van der Waals surface area contributed by atoms with Gasteiger partial charge in [-0.2, -0.15) is 0 Å². The third-order valence-corrected chi connectivity index (χ3v) is 5.79. The molecule has 0 fully saturated rings. The average Bonchev–Trinajstić information content (AvgIpc) is 3.28. The van der Waals surface area contributed by atoms with Crippen LogP contribution in [0.4, 0.5) is 5.69 Å². The first-order valence-corrected chi connectivity index (χ1v) is 11.0. The van der Waals surface area contributed by atoms with Crippen molar-refractivity contribution in [1.29, 1.82) is 0 Å². The number of nitrogens with zero attached hydrogens (tertiary/aromatic N) is 1. The minimum Gasteiger partial charge on any atom is -0.497 e. The first-order chi connectivity index (χ1) is 15.7. The highest BCUT2D eigenvalue weighted by atomic mass is 32.2. The van der Waals surface area contributed by atoms with Gasteiger partial charge in [-0.3, -0.25) is 4.79 Å². The van der Waals surface area contributed by atoms with Crippen LogP contribution in [0.15, 0.2) is 83.9 Å². The largest absolute Gasteiger partial charge is 0.497 e. The Hall–Kier alpha value is -3.71. The maximum Gasteiger partial charge on any atom is 0.234 e. The zero-order valence-electron chi connectivity index (χ0n) is 17.8. The third kappa shape index (κ3) is 5.12. The molecule has 4 rings (SSSR count). The maximum absolute atomic E-state index is 12.5. The van der Waals surface area contributed by atoms with Gasteiger partial charge in [0.25, 0.3) is 0 Å². The van der Waals surface area contributed by atoms with Gasteiger partial charge < -0.3 is 19.8 Å². The number of rotatable bonds is 8. The molecule has 1 aromatic heterocycles. The molecule has 0 saturated carbocycles. The van der Waals surface area contributed by atoms with Crippen LogP contribution in [-0.2, 0) is 4.79 Å². The summed E-state index contributed by atoms with van der Waals surface area (Å²) in [6, 6.07) is 24.9. The molecule has 0 aliphatic rings. The summed E-state index contributed by atoms with van der Waals surface area (Å²) in [5, 5.41) is 3.68. The second kappa shape index (κ2) is 10.1. The Morgan fingerprint density at radius 3 is 2.12 bits per heavy atom. The normalized spacial score (nSPS) is 10.6. The zero-order valence-corrected chi connectivity index (χ0v) is 18.6. The summed E-state index contributed by atoms with van der Waals surface area (Å²) in [6.45, 7) is 0. The highest BCUT2D eigenvalue weighted by Gasteiger charge is 2.16. The van der Waals surface area contributed by atoms with Crippen molar-refractivity contribution < 1.29 is 14.3 Å². The molecule has 0 radical (unpaired) electrons. The smallest absolute Gasteiger partial charge is 0.234 e. The predicted octanol–water partition coefficient (Wildman–Crippen LogP) is 5.49. The number of imidazole rings is 1. The Morgan fingerprint density at radius 1 is 0.875 bits per heavy atom. The molecule has 0 aliphatic heterocycles. The lowest BCUT2D eigenvalue weighted by Crippen LogP contribution is -2.14. The van der Waals surface area contributed by atoms with E-state index in [2.05, 4.69) is 10.3 Å². The van der Waals surface area contributed by atoms with Crippen molar-refractivity contribution in [3.63, 3.8) is 0 Å². The number of methoxy groups -OCH3 is 2. The number of H-pyrrole nitrogens is 1. The van der Waals surface area contributed by atoms with Crippen LogP contribution >= 0.6 is 11.8 Å². The molecule has 162 valence electrons. The highest BCUT2D eigenvalue weighted by molar-refractivity contribution is 8.00. The van der Waals surface area contributed by atoms with Crippen molar-refractivity contribution in [1.82, 2.24) is 9.97 Å². The molecule has 4 aromatic rings. The lowest BCUT2D eigenvalue weighted by Gasteiger charge is -2.06. The SMILES string of the molecule is COc1ccc(NC(=O)CSc2nc(-c3ccc(OC)cc3)[nH]c2-c2ccccc2)cc1. The van der Waals surface area contributed by atoms with Gasteiger partial charge in [0.05, 0.1) is 25.7 Å². The van der Waals surface area contributed by atoms with E-state index in [1.54, 1.807) is 14.2 Å². The van der Waals surface area contributed by atoms with Crippen molar-refractivity contribution in [3.05, 3.63) is 78.9 Å². The van der Waals surface area contributed by atoms with E-state index >= 15 is 0 Å². The number of thioether (sulfide) groups is 1. The molecular weight excluding hydrogens is 422 g/mol. The monoisotopic (exact) mass is 445 g/mol. The van der Waals surface area contributed by atoms with Gasteiger partial charge in [0.2, 0.25) is 5.91 Å². The lowest BCUT2D eigenvalue weighted by molar-refractivity contribution is -0.113. The van der Waals surface area contributed by atoms with Crippen LogP contribution in [0.1, 0.15) is 0 Å². The molecule has 0 bridgehead atoms. The number of aromatic amines is 1. The first kappa shape index (κ1) is 21.5. The van der Waals surface area contributed by atoms with E-state index in [1.807, 2.05) is 78.9 Å². The van der Waals surface area contributed by atoms with Gasteiger partial charge in [-0.25, -0.2) is 4.98 Å². The Kier molecular flexibility index (Phi) is 6.77. The molecule has 1 amide bonds. The number of amides is 1. The second-order valence-corrected chi connectivity index (χ2v) is 7.89. The molecule has 0 atom stereocenters. The molecule has 0 aliphatic carbocycles. The topological polar surface area (TPSA) is 76.2 Å². The maximum atomic E-state index is 12.5. The third-order valence-electron chi connectivity index (χ3n) is 4.81. The van der Waals surface area contributed by atoms with Crippen molar-refractivity contribution in [2.45, 2.75) is 5.03 Å². The Balaban J connectivity index is 1.53. The quantitative estimate of drug-likeness (QED) is 0.351. The number of hydrogen-bond acceptors (Lipinski definition) is 5. The lowest BCUT2D eigenvalue weighted by atomic mass is 10.2. The van der Waals surface area contributed by atoms with Crippen molar-refractivity contribution in [2.75, 3.05) is 25.3 Å². The summed E-state index contributed by atoms with van der Waals surface area (Å²) in [5.41, 5.74) is 3.56. The Labute approximate surface area is 191 Å². The minimum atomic E-state index is -0.104. The zero-order chi connectivity index (χ0) is 22.3. The molecule has 0 saturated heterocycles. The molecule has 7 heteroatoms. The molecular formula is C25H23N3O3S. The number of ether oxygens (including phenoxy) is 2. The van der Waals surface area contributed by atoms with Gasteiger partial charge in [0.1, 0.15) is 22.3 Å². The van der Waals surface area contributed by atoms with E-state index in [9.17, 15) is 4.79 Å². The predicted molar refractivity (Wildman–Crippen MR) is 128 cm³/mol. The summed E-state index contributed by atoms with van der Waals surface area (Å²) >= 11 is 1.40. The van der Waals surface area contributed by atoms with Crippen molar-refractivity contribution in [2.24, 2.45) is 0 Å². The summed E-state index contributed by atoms with van der Waals surface area (Å²) in [6.07, 6.45) is 0. The molecule has 2 N–H and O–H groups in total. The molecule has 32 heavy (non-hydrogen) atoms. The van der Waals surface area contributed by atoms with Gasteiger partial charge in [-0.15, -0.1) is 0 Å². The minimum absolute atomic E-state index is 0.104. The molecule has 0 unspecified atom stereocenters. The summed E-state index contributed by atoms with van der Waals surface area (Å²) in [4.78, 5) is 20.7. The van der Waals surface area contributed by atoms with E-state index in [1.165, 1.54) is 11.8 Å². The van der Waals surface area contributed by atoms with E-state index in [-0.39, 0.29) is 11.7 Å². The van der Waals surface area contributed by atoms with Gasteiger partial charge in [-0.05, 0) is 48.5 Å². The van der Waals surface area contributed by atoms with E-state index < -0.39 is 0 Å². The standard InChI is InChI=1S/C25H23N3O3S/c1-30-20-12-8-18(9-13-20)24-27-23(17-6-4-3-5-7-17)25(28-24)32-16-22(29)26-19-10-14-21(31-2)15-11-19/h3-15H,16H2,1-2H3,(H,26,29)(H,27,28). The van der Waals surface area contributed by atoms with Gasteiger partial charge in [-0.1, -0.05) is 42.1 Å². The second-order valence-electron chi connectivity index (χ2n) is 6.93. The van der Waals surface area contributed by atoms with Crippen molar-refractivity contribution in [3.8, 4) is 34.1 Å². The van der Waals surface area contributed by atoms with E-state index in [4.69, 9.17) is 14.5 Å². The molecule has 1 heterocycles. The van der Waals surface area contributed by atoms with Crippen LogP contribution in [0.5, 0.6) is 11.5 Å². The number of anilines is 1. The fourth-order valence-electron chi connectivity index (χ4n) is 3.15. The highest BCUT2D eigenvalue weighted by Crippen LogP contribution is 2.33. The summed E-state index contributed by atoms with van der Waals surface area (Å²) in [7, 11) is 3.25. The first-order valence-electron chi connectivity index (χ1n) is 10.0. The number of carbonyl (C=O) groups excluding carboxylic acids is 1. The van der Waals surface area contributed by atoms with Gasteiger partial charge >= 0.3 is 0 Å². The van der Waals surface area contributed by atoms with Crippen LogP contribution in [0.25, 0.3) is 22.6 Å². The average molecular weight is 446 g/mol. The Morgan fingerprint density at radius 2 is 1.50 bits per heavy atom. The van der Waals surface area contributed by atoms with E-state index in [0.717, 1.165) is 44.9 Å². The number of carbonyl (C=O) groups is 1. The molecule has 3 aromatic carbocycles. The number of aromatic nitrogens is 2. The van der Waals surface area contributed by atoms with Crippen LogP contribution < -0.4 is 14.8 Å².